The standard InChI is InChI=1S/C16H33N/c1-4-5-8-11-15-12-9-6-7-10-13-16(15)14(2)17-3/h14-17H,4-13H2,1-3H3. The summed E-state index contributed by atoms with van der Waals surface area (Å²) in [5.74, 6) is 1.92. The smallest absolute Gasteiger partial charge is 0.00666 e. The van der Waals surface area contributed by atoms with Gasteiger partial charge in [-0.2, -0.15) is 0 Å². The highest BCUT2D eigenvalue weighted by Crippen LogP contribution is 2.33. The molecule has 1 saturated carbocycles. The van der Waals surface area contributed by atoms with Crippen molar-refractivity contribution in [3.8, 4) is 0 Å². The first-order chi connectivity index (χ1) is 8.29. The molecule has 1 heteroatoms. The second-order valence-corrected chi connectivity index (χ2v) is 5.99. The van der Waals surface area contributed by atoms with Crippen LogP contribution in [0.15, 0.2) is 0 Å². The molecule has 0 aromatic rings. The first kappa shape index (κ1) is 15.0. The van der Waals surface area contributed by atoms with E-state index in [-0.39, 0.29) is 0 Å². The van der Waals surface area contributed by atoms with E-state index in [1.807, 2.05) is 0 Å². The maximum atomic E-state index is 3.50. The van der Waals surface area contributed by atoms with Crippen LogP contribution in [-0.4, -0.2) is 13.1 Å². The Balaban J connectivity index is 2.48. The Labute approximate surface area is 109 Å². The van der Waals surface area contributed by atoms with Crippen LogP contribution in [0.4, 0.5) is 0 Å². The fourth-order valence-corrected chi connectivity index (χ4v) is 3.48. The zero-order valence-corrected chi connectivity index (χ0v) is 12.3. The van der Waals surface area contributed by atoms with Crippen molar-refractivity contribution in [2.75, 3.05) is 7.05 Å². The van der Waals surface area contributed by atoms with Gasteiger partial charge in [-0.25, -0.2) is 0 Å². The van der Waals surface area contributed by atoms with E-state index >= 15 is 0 Å². The van der Waals surface area contributed by atoms with Crippen LogP contribution in [-0.2, 0) is 0 Å². The van der Waals surface area contributed by atoms with Gasteiger partial charge in [-0.1, -0.05) is 64.7 Å². The molecule has 1 aliphatic carbocycles. The van der Waals surface area contributed by atoms with E-state index in [1.165, 1.54) is 64.2 Å². The van der Waals surface area contributed by atoms with Gasteiger partial charge in [0.15, 0.2) is 0 Å². The van der Waals surface area contributed by atoms with Crippen LogP contribution < -0.4 is 5.32 Å². The summed E-state index contributed by atoms with van der Waals surface area (Å²) in [7, 11) is 2.13. The summed E-state index contributed by atoms with van der Waals surface area (Å²) < 4.78 is 0. The second kappa shape index (κ2) is 8.97. The van der Waals surface area contributed by atoms with Crippen molar-refractivity contribution in [3.05, 3.63) is 0 Å². The summed E-state index contributed by atoms with van der Waals surface area (Å²) in [6, 6.07) is 0.708. The minimum absolute atomic E-state index is 0.708. The van der Waals surface area contributed by atoms with Crippen LogP contribution in [0, 0.1) is 11.8 Å². The molecule has 0 spiro atoms. The molecule has 1 rings (SSSR count). The third-order valence-electron chi connectivity index (χ3n) is 4.74. The highest BCUT2D eigenvalue weighted by molar-refractivity contribution is 4.80. The average molecular weight is 239 g/mol. The Hall–Kier alpha value is -0.0400. The Morgan fingerprint density at radius 2 is 1.76 bits per heavy atom. The Morgan fingerprint density at radius 3 is 2.41 bits per heavy atom. The van der Waals surface area contributed by atoms with Gasteiger partial charge in [-0.05, 0) is 32.2 Å². The molecule has 102 valence electrons. The molecule has 0 amide bonds. The molecule has 0 aromatic carbocycles. The van der Waals surface area contributed by atoms with Crippen molar-refractivity contribution >= 4 is 0 Å². The molecule has 3 atom stereocenters. The summed E-state index contributed by atoms with van der Waals surface area (Å²) in [5, 5.41) is 3.50. The molecule has 1 fully saturated rings. The first-order valence-corrected chi connectivity index (χ1v) is 7.96. The van der Waals surface area contributed by atoms with Crippen molar-refractivity contribution in [1.29, 1.82) is 0 Å². The van der Waals surface area contributed by atoms with Crippen LogP contribution >= 0.6 is 0 Å². The van der Waals surface area contributed by atoms with Gasteiger partial charge in [-0.15, -0.1) is 0 Å². The van der Waals surface area contributed by atoms with E-state index in [4.69, 9.17) is 0 Å². The normalized spacial score (nSPS) is 28.4. The van der Waals surface area contributed by atoms with Gasteiger partial charge in [0.1, 0.15) is 0 Å². The minimum Gasteiger partial charge on any atom is -0.317 e. The van der Waals surface area contributed by atoms with Crippen molar-refractivity contribution < 1.29 is 0 Å². The molecule has 1 aliphatic rings. The van der Waals surface area contributed by atoms with Gasteiger partial charge in [0, 0.05) is 6.04 Å². The summed E-state index contributed by atoms with van der Waals surface area (Å²) in [4.78, 5) is 0. The number of nitrogens with one attached hydrogen (secondary N) is 1. The summed E-state index contributed by atoms with van der Waals surface area (Å²) >= 11 is 0. The monoisotopic (exact) mass is 239 g/mol. The largest absolute Gasteiger partial charge is 0.317 e. The Bertz CT molecular complexity index is 178. The first-order valence-electron chi connectivity index (χ1n) is 7.96. The van der Waals surface area contributed by atoms with Gasteiger partial charge in [0.2, 0.25) is 0 Å². The fourth-order valence-electron chi connectivity index (χ4n) is 3.48. The minimum atomic E-state index is 0.708. The van der Waals surface area contributed by atoms with Gasteiger partial charge in [-0.3, -0.25) is 0 Å². The maximum absolute atomic E-state index is 3.50. The highest BCUT2D eigenvalue weighted by atomic mass is 14.9. The number of unbranched alkanes of at least 4 members (excludes halogenated alkanes) is 2. The van der Waals surface area contributed by atoms with Crippen molar-refractivity contribution in [1.82, 2.24) is 5.32 Å². The molecule has 1 N–H and O–H groups in total. The lowest BCUT2D eigenvalue weighted by Gasteiger charge is -2.34. The topological polar surface area (TPSA) is 12.0 Å². The molecule has 0 saturated heterocycles. The molecule has 0 aliphatic heterocycles. The lowest BCUT2D eigenvalue weighted by molar-refractivity contribution is 0.199. The zero-order chi connectivity index (χ0) is 12.5. The molecule has 0 heterocycles. The van der Waals surface area contributed by atoms with E-state index < -0.39 is 0 Å². The highest BCUT2D eigenvalue weighted by Gasteiger charge is 2.26. The molecule has 3 unspecified atom stereocenters. The van der Waals surface area contributed by atoms with Crippen LogP contribution in [0.3, 0.4) is 0 Å². The zero-order valence-electron chi connectivity index (χ0n) is 12.3. The van der Waals surface area contributed by atoms with Gasteiger partial charge >= 0.3 is 0 Å². The van der Waals surface area contributed by atoms with Crippen LogP contribution in [0.5, 0.6) is 0 Å². The van der Waals surface area contributed by atoms with Gasteiger partial charge in [0.05, 0.1) is 0 Å². The molecule has 17 heavy (non-hydrogen) atoms. The predicted molar refractivity (Wildman–Crippen MR) is 77.3 cm³/mol. The van der Waals surface area contributed by atoms with E-state index in [0.717, 1.165) is 11.8 Å². The number of hydrogen-bond acceptors (Lipinski definition) is 1. The molecule has 0 bridgehead atoms. The van der Waals surface area contributed by atoms with Crippen molar-refractivity contribution in [3.63, 3.8) is 0 Å². The molecule has 0 radical (unpaired) electrons. The molecular weight excluding hydrogens is 206 g/mol. The van der Waals surface area contributed by atoms with Crippen molar-refractivity contribution in [2.24, 2.45) is 11.8 Å². The Morgan fingerprint density at radius 1 is 1.06 bits per heavy atom. The second-order valence-electron chi connectivity index (χ2n) is 5.99. The third kappa shape index (κ3) is 5.42. The van der Waals surface area contributed by atoms with Crippen LogP contribution in [0.1, 0.15) is 78.1 Å². The Kier molecular flexibility index (Phi) is 7.92. The van der Waals surface area contributed by atoms with E-state index in [9.17, 15) is 0 Å². The van der Waals surface area contributed by atoms with Crippen molar-refractivity contribution in [2.45, 2.75) is 84.1 Å². The van der Waals surface area contributed by atoms with Gasteiger partial charge in [0.25, 0.3) is 0 Å². The predicted octanol–water partition coefficient (Wildman–Crippen LogP) is 4.76. The molecular formula is C16H33N. The fraction of sp³-hybridized carbons (Fsp3) is 1.00. The average Bonchev–Trinajstić information content (AvgIpc) is 2.31. The number of rotatable bonds is 6. The summed E-state index contributed by atoms with van der Waals surface area (Å²) in [6.07, 6.45) is 14.5. The lowest BCUT2D eigenvalue weighted by atomic mass is 9.75. The summed E-state index contributed by atoms with van der Waals surface area (Å²) in [5.41, 5.74) is 0. The SMILES string of the molecule is CCCCCC1CCCCCCC1C(C)NC. The molecule has 0 aromatic heterocycles. The van der Waals surface area contributed by atoms with Crippen LogP contribution in [0.2, 0.25) is 0 Å². The third-order valence-corrected chi connectivity index (χ3v) is 4.74. The number of hydrogen-bond donors (Lipinski definition) is 1. The van der Waals surface area contributed by atoms with Crippen LogP contribution in [0.25, 0.3) is 0 Å². The van der Waals surface area contributed by atoms with E-state index in [0.29, 0.717) is 6.04 Å². The quantitative estimate of drug-likeness (QED) is 0.659. The maximum Gasteiger partial charge on any atom is 0.00666 e. The van der Waals surface area contributed by atoms with E-state index in [1.54, 1.807) is 0 Å². The lowest BCUT2D eigenvalue weighted by Crippen LogP contribution is -2.36. The molecule has 1 nitrogen and oxygen atoms in total. The van der Waals surface area contributed by atoms with Gasteiger partial charge < -0.3 is 5.32 Å². The summed E-state index contributed by atoms with van der Waals surface area (Å²) in [6.45, 7) is 4.70. The van der Waals surface area contributed by atoms with E-state index in [2.05, 4.69) is 26.2 Å².